The number of rotatable bonds is 2. The van der Waals surface area contributed by atoms with Crippen molar-refractivity contribution in [3.05, 3.63) is 0 Å². The quantitative estimate of drug-likeness (QED) is 0.698. The molecule has 0 radical (unpaired) electrons. The molecule has 3 saturated heterocycles. The van der Waals surface area contributed by atoms with E-state index in [1.54, 1.807) is 9.21 Å². The molecule has 3 heterocycles. The zero-order chi connectivity index (χ0) is 19.8. The second-order valence-electron chi connectivity index (χ2n) is 8.69. The van der Waals surface area contributed by atoms with E-state index in [1.165, 1.54) is 4.90 Å². The third-order valence-electron chi connectivity index (χ3n) is 5.42. The van der Waals surface area contributed by atoms with Crippen molar-refractivity contribution in [2.24, 2.45) is 0 Å². The van der Waals surface area contributed by atoms with Crippen molar-refractivity contribution < 1.29 is 22.7 Å². The lowest BCUT2D eigenvalue weighted by atomic mass is 10.0. The molecule has 0 saturated carbocycles. The van der Waals surface area contributed by atoms with Gasteiger partial charge >= 0.3 is 6.09 Å². The summed E-state index contributed by atoms with van der Waals surface area (Å²) in [5, 5.41) is 0. The highest BCUT2D eigenvalue weighted by molar-refractivity contribution is 7.89. The summed E-state index contributed by atoms with van der Waals surface area (Å²) in [5.74, 6) is 0.117. The van der Waals surface area contributed by atoms with Crippen molar-refractivity contribution in [1.82, 2.24) is 14.1 Å². The molecule has 0 aliphatic carbocycles. The third kappa shape index (κ3) is 4.56. The number of ether oxygens (including phenoxy) is 1. The Kier molecular flexibility index (Phi) is 5.72. The number of carbonyl (C=O) groups is 2. The van der Waals surface area contributed by atoms with Gasteiger partial charge in [-0.05, 0) is 52.9 Å². The Morgan fingerprint density at radius 1 is 1.00 bits per heavy atom. The minimum atomic E-state index is -3.19. The Hall–Kier alpha value is -1.35. The Labute approximate surface area is 161 Å². The van der Waals surface area contributed by atoms with Gasteiger partial charge in [0, 0.05) is 32.2 Å². The maximum atomic E-state index is 13.1. The van der Waals surface area contributed by atoms with E-state index in [0.29, 0.717) is 39.0 Å². The third-order valence-corrected chi connectivity index (χ3v) is 7.42. The minimum Gasteiger partial charge on any atom is -0.444 e. The Bertz CT molecular complexity index is 688. The summed E-state index contributed by atoms with van der Waals surface area (Å²) < 4.78 is 31.5. The van der Waals surface area contributed by atoms with Crippen LogP contribution in [0.4, 0.5) is 4.79 Å². The zero-order valence-corrected chi connectivity index (χ0v) is 17.3. The molecule has 0 aromatic carbocycles. The molecular weight excluding hydrogens is 370 g/mol. The van der Waals surface area contributed by atoms with Gasteiger partial charge in [0.05, 0.1) is 5.75 Å². The van der Waals surface area contributed by atoms with Gasteiger partial charge in [-0.2, -0.15) is 4.31 Å². The lowest BCUT2D eigenvalue weighted by molar-refractivity contribution is -0.137. The van der Waals surface area contributed by atoms with E-state index in [-0.39, 0.29) is 17.7 Å². The van der Waals surface area contributed by atoms with E-state index in [4.69, 9.17) is 4.74 Å². The first-order chi connectivity index (χ1) is 12.6. The number of hydrogen-bond acceptors (Lipinski definition) is 5. The molecule has 3 rings (SSSR count). The number of piperidine rings is 1. The van der Waals surface area contributed by atoms with Crippen LogP contribution >= 0.6 is 0 Å². The van der Waals surface area contributed by atoms with Crippen LogP contribution in [-0.2, 0) is 19.6 Å². The van der Waals surface area contributed by atoms with Crippen LogP contribution in [0.1, 0.15) is 52.9 Å². The average molecular weight is 402 g/mol. The summed E-state index contributed by atoms with van der Waals surface area (Å²) in [6, 6.07) is -0.652. The maximum Gasteiger partial charge on any atom is 0.410 e. The molecule has 3 aliphatic heterocycles. The molecule has 154 valence electrons. The summed E-state index contributed by atoms with van der Waals surface area (Å²) in [7, 11) is -3.19. The fraction of sp³-hybridized carbons (Fsp3) is 0.889. The van der Waals surface area contributed by atoms with Crippen molar-refractivity contribution in [3.8, 4) is 0 Å². The molecule has 1 unspecified atom stereocenters. The van der Waals surface area contributed by atoms with Gasteiger partial charge in [0.2, 0.25) is 15.9 Å². The SMILES string of the molecule is CC(C)(C)OC(=O)N1CCC[C@H]1C(=O)N1CCCC(N2CCCS2(=O)=O)C1. The molecule has 9 heteroatoms. The molecule has 0 N–H and O–H groups in total. The molecule has 0 bridgehead atoms. The van der Waals surface area contributed by atoms with E-state index >= 15 is 0 Å². The number of carbonyl (C=O) groups excluding carboxylic acids is 2. The summed E-state index contributed by atoms with van der Waals surface area (Å²) in [6.45, 7) is 7.51. The van der Waals surface area contributed by atoms with Gasteiger partial charge in [0.1, 0.15) is 11.6 Å². The van der Waals surface area contributed by atoms with E-state index in [2.05, 4.69) is 0 Å². The second kappa shape index (κ2) is 7.58. The van der Waals surface area contributed by atoms with Crippen LogP contribution in [0.5, 0.6) is 0 Å². The van der Waals surface area contributed by atoms with Crippen LogP contribution in [-0.4, -0.2) is 84.1 Å². The van der Waals surface area contributed by atoms with Crippen molar-refractivity contribution in [2.75, 3.05) is 31.9 Å². The van der Waals surface area contributed by atoms with Crippen LogP contribution < -0.4 is 0 Å². The average Bonchev–Trinajstić information content (AvgIpc) is 3.18. The van der Waals surface area contributed by atoms with Gasteiger partial charge in [-0.15, -0.1) is 0 Å². The molecule has 0 aromatic heterocycles. The number of nitrogens with zero attached hydrogens (tertiary/aromatic N) is 3. The number of hydrogen-bond donors (Lipinski definition) is 0. The fourth-order valence-electron chi connectivity index (χ4n) is 4.23. The van der Waals surface area contributed by atoms with Gasteiger partial charge in [-0.25, -0.2) is 13.2 Å². The predicted octanol–water partition coefficient (Wildman–Crippen LogP) is 1.41. The van der Waals surface area contributed by atoms with Crippen LogP contribution in [0, 0.1) is 0 Å². The minimum absolute atomic E-state index is 0.0837. The topological polar surface area (TPSA) is 87.2 Å². The highest BCUT2D eigenvalue weighted by Gasteiger charge is 2.42. The van der Waals surface area contributed by atoms with Crippen molar-refractivity contribution in [3.63, 3.8) is 0 Å². The van der Waals surface area contributed by atoms with Gasteiger partial charge < -0.3 is 9.64 Å². The fourth-order valence-corrected chi connectivity index (χ4v) is 5.99. The standard InChI is InChI=1S/C18H31N3O5S/c1-18(2,3)26-17(23)20-10-5-8-15(20)16(22)19-9-4-7-14(13-19)21-11-6-12-27(21,24)25/h14-15H,4-13H2,1-3H3/t14?,15-/m0/s1. The van der Waals surface area contributed by atoms with E-state index in [1.807, 2.05) is 20.8 Å². The molecular formula is C18H31N3O5S. The number of sulfonamides is 1. The van der Waals surface area contributed by atoms with E-state index in [9.17, 15) is 18.0 Å². The normalized spacial score (nSPS) is 29.1. The van der Waals surface area contributed by atoms with Gasteiger partial charge in [-0.3, -0.25) is 9.69 Å². The molecule has 3 aliphatic rings. The molecule has 0 aromatic rings. The molecule has 2 atom stereocenters. The highest BCUT2D eigenvalue weighted by Crippen LogP contribution is 2.27. The molecule has 0 spiro atoms. The largest absolute Gasteiger partial charge is 0.444 e. The number of amides is 2. The Morgan fingerprint density at radius 2 is 1.70 bits per heavy atom. The first-order valence-electron chi connectivity index (χ1n) is 9.86. The van der Waals surface area contributed by atoms with Crippen molar-refractivity contribution >= 4 is 22.0 Å². The summed E-state index contributed by atoms with van der Waals surface area (Å²) in [5.41, 5.74) is -0.604. The molecule has 3 fully saturated rings. The van der Waals surface area contributed by atoms with Gasteiger partial charge in [0.25, 0.3) is 0 Å². The first-order valence-corrected chi connectivity index (χ1v) is 11.5. The van der Waals surface area contributed by atoms with E-state index < -0.39 is 27.8 Å². The van der Waals surface area contributed by atoms with Crippen LogP contribution in [0.2, 0.25) is 0 Å². The van der Waals surface area contributed by atoms with E-state index in [0.717, 1.165) is 19.3 Å². The van der Waals surface area contributed by atoms with Crippen molar-refractivity contribution in [2.45, 2.75) is 70.6 Å². The maximum absolute atomic E-state index is 13.1. The lowest BCUT2D eigenvalue weighted by Gasteiger charge is -2.39. The Morgan fingerprint density at radius 3 is 2.33 bits per heavy atom. The monoisotopic (exact) mass is 401 g/mol. The van der Waals surface area contributed by atoms with Gasteiger partial charge in [-0.1, -0.05) is 0 Å². The molecule has 27 heavy (non-hydrogen) atoms. The van der Waals surface area contributed by atoms with Gasteiger partial charge in [0.15, 0.2) is 0 Å². The summed E-state index contributed by atoms with van der Waals surface area (Å²) in [4.78, 5) is 28.9. The van der Waals surface area contributed by atoms with Crippen LogP contribution in [0.15, 0.2) is 0 Å². The smallest absolute Gasteiger partial charge is 0.410 e. The second-order valence-corrected chi connectivity index (χ2v) is 10.7. The Balaban J connectivity index is 1.66. The highest BCUT2D eigenvalue weighted by atomic mass is 32.2. The zero-order valence-electron chi connectivity index (χ0n) is 16.5. The summed E-state index contributed by atoms with van der Waals surface area (Å²) >= 11 is 0. The molecule has 8 nitrogen and oxygen atoms in total. The lowest BCUT2D eigenvalue weighted by Crippen LogP contribution is -2.55. The van der Waals surface area contributed by atoms with Crippen LogP contribution in [0.3, 0.4) is 0 Å². The van der Waals surface area contributed by atoms with Crippen LogP contribution in [0.25, 0.3) is 0 Å². The number of likely N-dealkylation sites (tertiary alicyclic amines) is 2. The first kappa shape index (κ1) is 20.4. The molecule has 2 amide bonds. The summed E-state index contributed by atoms with van der Waals surface area (Å²) in [6.07, 6.45) is 3.16. The predicted molar refractivity (Wildman–Crippen MR) is 101 cm³/mol. The van der Waals surface area contributed by atoms with Crippen molar-refractivity contribution in [1.29, 1.82) is 0 Å².